The molecule has 0 fully saturated rings. The first-order chi connectivity index (χ1) is 12.6. The van der Waals surface area contributed by atoms with Crippen LogP contribution >= 0.6 is 0 Å². The Bertz CT molecular complexity index is 809. The van der Waals surface area contributed by atoms with Crippen LogP contribution in [0.5, 0.6) is 5.75 Å². The number of amides is 1. The van der Waals surface area contributed by atoms with E-state index in [2.05, 4.69) is 5.32 Å². The summed E-state index contributed by atoms with van der Waals surface area (Å²) in [4.78, 5) is 12.9. The van der Waals surface area contributed by atoms with Crippen molar-refractivity contribution >= 4 is 11.6 Å². The van der Waals surface area contributed by atoms with Gasteiger partial charge in [-0.05, 0) is 55.8 Å². The van der Waals surface area contributed by atoms with Crippen LogP contribution in [0.15, 0.2) is 79.1 Å². The maximum absolute atomic E-state index is 12.9. The smallest absolute Gasteiger partial charge is 0.247 e. The third-order valence-electron chi connectivity index (χ3n) is 4.06. The lowest BCUT2D eigenvalue weighted by Crippen LogP contribution is -2.27. The molecule has 0 saturated heterocycles. The highest BCUT2D eigenvalue weighted by molar-refractivity contribution is 5.94. The summed E-state index contributed by atoms with van der Waals surface area (Å²) in [5, 5.41) is 3.02. The molecule has 0 aliphatic rings. The second kappa shape index (κ2) is 8.39. The van der Waals surface area contributed by atoms with Crippen LogP contribution in [0.25, 0.3) is 0 Å². The molecule has 3 rings (SSSR count). The minimum Gasteiger partial charge on any atom is -0.491 e. The van der Waals surface area contributed by atoms with Crippen LogP contribution in [-0.4, -0.2) is 16.6 Å². The summed E-state index contributed by atoms with van der Waals surface area (Å²) in [5.74, 6) is 0.756. The Morgan fingerprint density at radius 1 is 0.962 bits per heavy atom. The van der Waals surface area contributed by atoms with Gasteiger partial charge in [-0.2, -0.15) is 0 Å². The molecule has 26 heavy (non-hydrogen) atoms. The lowest BCUT2D eigenvalue weighted by molar-refractivity contribution is -0.119. The van der Waals surface area contributed by atoms with Crippen molar-refractivity contribution in [2.45, 2.75) is 32.4 Å². The second-order valence-electron chi connectivity index (χ2n) is 6.52. The molecule has 1 N–H and O–H groups in total. The molecule has 0 radical (unpaired) electrons. The maximum atomic E-state index is 12.9. The Morgan fingerprint density at radius 3 is 2.23 bits per heavy atom. The monoisotopic (exact) mass is 348 g/mol. The molecule has 1 aromatic heterocycles. The van der Waals surface area contributed by atoms with E-state index in [-0.39, 0.29) is 18.1 Å². The quantitative estimate of drug-likeness (QED) is 0.673. The zero-order valence-corrected chi connectivity index (χ0v) is 15.1. The largest absolute Gasteiger partial charge is 0.491 e. The van der Waals surface area contributed by atoms with Crippen LogP contribution in [0.1, 0.15) is 25.5 Å². The Kier molecular flexibility index (Phi) is 5.74. The van der Waals surface area contributed by atoms with Crippen molar-refractivity contribution in [1.29, 1.82) is 0 Å². The van der Waals surface area contributed by atoms with Gasteiger partial charge in [-0.3, -0.25) is 4.79 Å². The third-order valence-corrected chi connectivity index (χ3v) is 4.06. The van der Waals surface area contributed by atoms with E-state index in [1.807, 2.05) is 97.5 Å². The normalized spacial score (nSPS) is 12.0. The number of carbonyl (C=O) groups excluding carboxylic acids is 1. The van der Waals surface area contributed by atoms with Gasteiger partial charge in [-0.25, -0.2) is 0 Å². The molecule has 2 aromatic carbocycles. The minimum atomic E-state index is -0.306. The van der Waals surface area contributed by atoms with E-state index in [1.165, 1.54) is 0 Å². The fourth-order valence-electron chi connectivity index (χ4n) is 2.84. The number of ether oxygens (including phenoxy) is 1. The van der Waals surface area contributed by atoms with Gasteiger partial charge in [0.15, 0.2) is 0 Å². The van der Waals surface area contributed by atoms with Gasteiger partial charge in [0.1, 0.15) is 11.8 Å². The summed E-state index contributed by atoms with van der Waals surface area (Å²) in [6.07, 6.45) is 4.61. The van der Waals surface area contributed by atoms with Gasteiger partial charge >= 0.3 is 0 Å². The Labute approximate surface area is 154 Å². The van der Waals surface area contributed by atoms with Crippen LogP contribution in [0.4, 0.5) is 5.69 Å². The summed E-state index contributed by atoms with van der Waals surface area (Å²) in [6, 6.07) is 21.1. The number of aromatic nitrogens is 1. The van der Waals surface area contributed by atoms with E-state index in [0.29, 0.717) is 6.42 Å². The minimum absolute atomic E-state index is 0.0393. The Morgan fingerprint density at radius 2 is 1.62 bits per heavy atom. The van der Waals surface area contributed by atoms with Crippen molar-refractivity contribution in [3.8, 4) is 5.75 Å². The Balaban J connectivity index is 1.73. The highest BCUT2D eigenvalue weighted by atomic mass is 16.5. The van der Waals surface area contributed by atoms with Crippen LogP contribution in [0.3, 0.4) is 0 Å². The van der Waals surface area contributed by atoms with Crippen LogP contribution in [-0.2, 0) is 11.2 Å². The molecule has 0 aliphatic heterocycles. The number of nitrogens with one attached hydrogen (secondary N) is 1. The van der Waals surface area contributed by atoms with Gasteiger partial charge in [0.25, 0.3) is 0 Å². The maximum Gasteiger partial charge on any atom is 0.247 e. The van der Waals surface area contributed by atoms with E-state index < -0.39 is 0 Å². The third kappa shape index (κ3) is 4.76. The number of hydrogen-bond donors (Lipinski definition) is 1. The fraction of sp³-hybridized carbons (Fsp3) is 0.227. The predicted molar refractivity (Wildman–Crippen MR) is 104 cm³/mol. The highest BCUT2D eigenvalue weighted by Gasteiger charge is 2.20. The lowest BCUT2D eigenvalue weighted by Gasteiger charge is -2.19. The molecule has 1 heterocycles. The molecule has 0 aliphatic carbocycles. The van der Waals surface area contributed by atoms with E-state index >= 15 is 0 Å². The summed E-state index contributed by atoms with van der Waals surface area (Å²) in [6.45, 7) is 3.97. The molecule has 1 amide bonds. The van der Waals surface area contributed by atoms with Crippen LogP contribution < -0.4 is 10.1 Å². The average Bonchev–Trinajstić information content (AvgIpc) is 3.16. The first-order valence-electron chi connectivity index (χ1n) is 8.86. The predicted octanol–water partition coefficient (Wildman–Crippen LogP) is 4.70. The van der Waals surface area contributed by atoms with Gasteiger partial charge in [0.05, 0.1) is 6.10 Å². The number of hydrogen-bond acceptors (Lipinski definition) is 2. The Hall–Kier alpha value is -3.01. The first-order valence-corrected chi connectivity index (χ1v) is 8.86. The standard InChI is InChI=1S/C22H24N2O2/c1-17(2)26-20-12-10-19(11-13-20)23-22(25)21(24-14-6-7-15-24)16-18-8-4-3-5-9-18/h3-15,17,21H,16H2,1-2H3,(H,23,25)/t21-/m0/s1. The first kappa shape index (κ1) is 17.8. The highest BCUT2D eigenvalue weighted by Crippen LogP contribution is 2.20. The van der Waals surface area contributed by atoms with Crippen molar-refractivity contribution in [1.82, 2.24) is 4.57 Å². The topological polar surface area (TPSA) is 43.3 Å². The zero-order valence-electron chi connectivity index (χ0n) is 15.1. The summed E-state index contributed by atoms with van der Waals surface area (Å²) < 4.78 is 7.59. The molecule has 0 saturated carbocycles. The van der Waals surface area contributed by atoms with E-state index in [0.717, 1.165) is 17.0 Å². The van der Waals surface area contributed by atoms with E-state index in [4.69, 9.17) is 4.74 Å². The number of rotatable bonds is 7. The second-order valence-corrected chi connectivity index (χ2v) is 6.52. The van der Waals surface area contributed by atoms with Gasteiger partial charge in [0, 0.05) is 24.5 Å². The van der Waals surface area contributed by atoms with E-state index in [9.17, 15) is 4.79 Å². The number of anilines is 1. The molecule has 3 aromatic rings. The van der Waals surface area contributed by atoms with Crippen molar-refractivity contribution < 1.29 is 9.53 Å². The van der Waals surface area contributed by atoms with E-state index in [1.54, 1.807) is 0 Å². The summed E-state index contributed by atoms with van der Waals surface area (Å²) in [7, 11) is 0. The summed E-state index contributed by atoms with van der Waals surface area (Å²) in [5.41, 5.74) is 1.89. The average molecular weight is 348 g/mol. The van der Waals surface area contributed by atoms with Crippen molar-refractivity contribution in [3.05, 3.63) is 84.7 Å². The fourth-order valence-corrected chi connectivity index (χ4v) is 2.84. The molecule has 4 heteroatoms. The van der Waals surface area contributed by atoms with Gasteiger partial charge in [-0.1, -0.05) is 30.3 Å². The van der Waals surface area contributed by atoms with Crippen molar-refractivity contribution in [2.24, 2.45) is 0 Å². The molecule has 0 spiro atoms. The molecule has 1 atom stereocenters. The van der Waals surface area contributed by atoms with Gasteiger partial charge in [0.2, 0.25) is 5.91 Å². The summed E-state index contributed by atoms with van der Waals surface area (Å²) >= 11 is 0. The molecular formula is C22H24N2O2. The van der Waals surface area contributed by atoms with Crippen molar-refractivity contribution in [2.75, 3.05) is 5.32 Å². The molecule has 134 valence electrons. The SMILES string of the molecule is CC(C)Oc1ccc(NC(=O)[C@H](Cc2ccccc2)n2cccc2)cc1. The van der Waals surface area contributed by atoms with Crippen molar-refractivity contribution in [3.63, 3.8) is 0 Å². The van der Waals surface area contributed by atoms with Crippen LogP contribution in [0, 0.1) is 0 Å². The zero-order chi connectivity index (χ0) is 18.4. The van der Waals surface area contributed by atoms with Gasteiger partial charge in [-0.15, -0.1) is 0 Å². The number of carbonyl (C=O) groups is 1. The molecular weight excluding hydrogens is 324 g/mol. The molecule has 4 nitrogen and oxygen atoms in total. The lowest BCUT2D eigenvalue weighted by atomic mass is 10.0. The molecule has 0 unspecified atom stereocenters. The van der Waals surface area contributed by atoms with Crippen LogP contribution in [0.2, 0.25) is 0 Å². The molecule has 0 bridgehead atoms. The van der Waals surface area contributed by atoms with Gasteiger partial charge < -0.3 is 14.6 Å². The number of benzene rings is 2. The number of nitrogens with zero attached hydrogens (tertiary/aromatic N) is 1.